The monoisotopic (exact) mass is 510 g/mol. The molecule has 5 nitrogen and oxygen atoms in total. The summed E-state index contributed by atoms with van der Waals surface area (Å²) in [5.41, 5.74) is 3.10. The molecule has 0 aliphatic carbocycles. The van der Waals surface area contributed by atoms with Gasteiger partial charge in [-0.2, -0.15) is 0 Å². The van der Waals surface area contributed by atoms with Crippen molar-refractivity contribution in [3.63, 3.8) is 0 Å². The maximum absolute atomic E-state index is 11.3. The summed E-state index contributed by atoms with van der Waals surface area (Å²) < 4.78 is 24.8. The summed E-state index contributed by atoms with van der Waals surface area (Å²) in [6.07, 6.45) is -2.06. The van der Waals surface area contributed by atoms with Crippen molar-refractivity contribution in [2.24, 2.45) is 0 Å². The zero-order valence-corrected chi connectivity index (χ0v) is 21.6. The van der Waals surface area contributed by atoms with Gasteiger partial charge in [-0.3, -0.25) is 0 Å². The second-order valence-corrected chi connectivity index (χ2v) is 9.49. The third kappa shape index (κ3) is 5.73. The van der Waals surface area contributed by atoms with E-state index in [-0.39, 0.29) is 6.61 Å². The highest BCUT2D eigenvalue weighted by molar-refractivity contribution is 5.47. The molecule has 1 aliphatic rings. The van der Waals surface area contributed by atoms with Gasteiger partial charge in [0.25, 0.3) is 0 Å². The molecule has 4 aromatic carbocycles. The summed E-state index contributed by atoms with van der Waals surface area (Å²) in [5.74, 6) is 0. The Balaban J connectivity index is 1.45. The largest absolute Gasteiger partial charge is 0.388 e. The standard InChI is InChI=1S/C33H34O5/c1-35-31-22-29(36-23-25-14-6-2-7-15-25)32(34)30(38-31)24-37-33(26-16-8-3-9-17-26,27-18-10-4-11-19-27)28-20-12-5-13-21-28/h2-21,29-32,34H,22-24H2,1H3/t29-,30+,31-,32-/m0/s1. The predicted octanol–water partition coefficient (Wildman–Crippen LogP) is 5.70. The van der Waals surface area contributed by atoms with Crippen molar-refractivity contribution < 1.29 is 24.1 Å². The summed E-state index contributed by atoms with van der Waals surface area (Å²) >= 11 is 0. The zero-order chi connectivity index (χ0) is 26.2. The molecule has 1 saturated heterocycles. The summed E-state index contributed by atoms with van der Waals surface area (Å²) in [6, 6.07) is 40.4. The molecule has 0 unspecified atom stereocenters. The molecular formula is C33H34O5. The highest BCUT2D eigenvalue weighted by Crippen LogP contribution is 2.41. The van der Waals surface area contributed by atoms with Gasteiger partial charge in [0.1, 0.15) is 17.8 Å². The summed E-state index contributed by atoms with van der Waals surface area (Å²) in [7, 11) is 1.61. The molecule has 5 heteroatoms. The van der Waals surface area contributed by atoms with Gasteiger partial charge in [0.2, 0.25) is 0 Å². The molecule has 0 radical (unpaired) electrons. The number of aliphatic hydroxyl groups excluding tert-OH is 1. The molecule has 196 valence electrons. The smallest absolute Gasteiger partial charge is 0.160 e. The molecule has 4 atom stereocenters. The van der Waals surface area contributed by atoms with Gasteiger partial charge in [-0.1, -0.05) is 121 Å². The molecule has 5 rings (SSSR count). The van der Waals surface area contributed by atoms with Gasteiger partial charge in [0, 0.05) is 13.5 Å². The van der Waals surface area contributed by atoms with Gasteiger partial charge in [-0.15, -0.1) is 0 Å². The van der Waals surface area contributed by atoms with E-state index in [1.165, 1.54) is 0 Å². The number of hydrogen-bond donors (Lipinski definition) is 1. The van der Waals surface area contributed by atoms with Crippen molar-refractivity contribution in [2.75, 3.05) is 13.7 Å². The van der Waals surface area contributed by atoms with Crippen LogP contribution >= 0.6 is 0 Å². The topological polar surface area (TPSA) is 57.2 Å². The summed E-state index contributed by atoms with van der Waals surface area (Å²) in [5, 5.41) is 11.3. The van der Waals surface area contributed by atoms with Crippen molar-refractivity contribution in [1.29, 1.82) is 0 Å². The van der Waals surface area contributed by atoms with E-state index >= 15 is 0 Å². The lowest BCUT2D eigenvalue weighted by Gasteiger charge is -2.41. The highest BCUT2D eigenvalue weighted by atomic mass is 16.7. The molecule has 1 N–H and O–H groups in total. The van der Waals surface area contributed by atoms with E-state index in [4.69, 9.17) is 18.9 Å². The number of benzene rings is 4. The Hall–Kier alpha value is -3.32. The number of ether oxygens (including phenoxy) is 4. The molecule has 0 bridgehead atoms. The number of rotatable bonds is 10. The van der Waals surface area contributed by atoms with E-state index in [0.29, 0.717) is 13.0 Å². The fourth-order valence-corrected chi connectivity index (χ4v) is 5.11. The molecule has 0 aromatic heterocycles. The van der Waals surface area contributed by atoms with Crippen LogP contribution in [0.2, 0.25) is 0 Å². The molecule has 0 spiro atoms. The van der Waals surface area contributed by atoms with Crippen LogP contribution in [0.1, 0.15) is 28.7 Å². The fourth-order valence-electron chi connectivity index (χ4n) is 5.11. The van der Waals surface area contributed by atoms with Gasteiger partial charge in [-0.05, 0) is 22.3 Å². The third-order valence-electron chi connectivity index (χ3n) is 7.09. The lowest BCUT2D eigenvalue weighted by Crippen LogP contribution is -2.52. The maximum atomic E-state index is 11.3. The Morgan fingerprint density at radius 3 is 1.68 bits per heavy atom. The Kier molecular flexibility index (Phi) is 8.64. The Morgan fingerprint density at radius 1 is 0.737 bits per heavy atom. The normalized spacial score (nSPS) is 21.7. The molecule has 1 heterocycles. The maximum Gasteiger partial charge on any atom is 0.160 e. The van der Waals surface area contributed by atoms with Gasteiger partial charge in [0.05, 0.1) is 19.3 Å². The molecule has 38 heavy (non-hydrogen) atoms. The van der Waals surface area contributed by atoms with E-state index in [9.17, 15) is 5.11 Å². The van der Waals surface area contributed by atoms with Crippen LogP contribution in [0.25, 0.3) is 0 Å². The van der Waals surface area contributed by atoms with E-state index < -0.39 is 30.2 Å². The lowest BCUT2D eigenvalue weighted by atomic mass is 9.80. The quantitative estimate of drug-likeness (QED) is 0.277. The minimum Gasteiger partial charge on any atom is -0.388 e. The van der Waals surface area contributed by atoms with Crippen LogP contribution in [0.5, 0.6) is 0 Å². The molecule has 4 aromatic rings. The molecule has 0 amide bonds. The Labute approximate surface area is 224 Å². The van der Waals surface area contributed by atoms with Crippen molar-refractivity contribution in [2.45, 2.75) is 43.2 Å². The van der Waals surface area contributed by atoms with Crippen molar-refractivity contribution in [1.82, 2.24) is 0 Å². The van der Waals surface area contributed by atoms with Gasteiger partial charge >= 0.3 is 0 Å². The lowest BCUT2D eigenvalue weighted by molar-refractivity contribution is -0.265. The number of hydrogen-bond acceptors (Lipinski definition) is 5. The highest BCUT2D eigenvalue weighted by Gasteiger charge is 2.43. The summed E-state index contributed by atoms with van der Waals surface area (Å²) in [6.45, 7) is 0.527. The van der Waals surface area contributed by atoms with Crippen LogP contribution in [0.3, 0.4) is 0 Å². The van der Waals surface area contributed by atoms with E-state index in [1.54, 1.807) is 7.11 Å². The first kappa shape index (κ1) is 26.3. The molecule has 0 saturated carbocycles. The average Bonchev–Trinajstić information content (AvgIpc) is 2.99. The Morgan fingerprint density at radius 2 is 1.21 bits per heavy atom. The van der Waals surface area contributed by atoms with Crippen molar-refractivity contribution in [3.8, 4) is 0 Å². The molecule has 1 aliphatic heterocycles. The Bertz CT molecular complexity index is 1140. The zero-order valence-electron chi connectivity index (χ0n) is 21.6. The first-order chi connectivity index (χ1) is 18.7. The molecular weight excluding hydrogens is 476 g/mol. The van der Waals surface area contributed by atoms with Crippen molar-refractivity contribution in [3.05, 3.63) is 144 Å². The van der Waals surface area contributed by atoms with Gasteiger partial charge < -0.3 is 24.1 Å². The van der Waals surface area contributed by atoms with Crippen LogP contribution in [0.15, 0.2) is 121 Å². The van der Waals surface area contributed by atoms with E-state index in [1.807, 2.05) is 84.9 Å². The minimum absolute atomic E-state index is 0.130. The van der Waals surface area contributed by atoms with E-state index in [2.05, 4.69) is 36.4 Å². The minimum atomic E-state index is -0.909. The second-order valence-electron chi connectivity index (χ2n) is 9.49. The second kappa shape index (κ2) is 12.5. The molecule has 1 fully saturated rings. The van der Waals surface area contributed by atoms with Gasteiger partial charge in [0.15, 0.2) is 6.29 Å². The SMILES string of the molecule is CO[C@@H]1C[C@H](OCc2ccccc2)[C@H](O)[C@@H](COC(c2ccccc2)(c2ccccc2)c2ccccc2)O1. The third-order valence-corrected chi connectivity index (χ3v) is 7.09. The first-order valence-electron chi connectivity index (χ1n) is 13.0. The average molecular weight is 511 g/mol. The van der Waals surface area contributed by atoms with Crippen LogP contribution < -0.4 is 0 Å². The van der Waals surface area contributed by atoms with Crippen molar-refractivity contribution >= 4 is 0 Å². The predicted molar refractivity (Wildman–Crippen MR) is 146 cm³/mol. The van der Waals surface area contributed by atoms with Gasteiger partial charge in [-0.25, -0.2) is 0 Å². The van der Waals surface area contributed by atoms with Crippen LogP contribution in [-0.2, 0) is 31.2 Å². The van der Waals surface area contributed by atoms with Crippen LogP contribution in [0.4, 0.5) is 0 Å². The number of methoxy groups -OCH3 is 1. The van der Waals surface area contributed by atoms with Crippen LogP contribution in [0, 0.1) is 0 Å². The van der Waals surface area contributed by atoms with Crippen LogP contribution in [-0.4, -0.2) is 43.4 Å². The summed E-state index contributed by atoms with van der Waals surface area (Å²) in [4.78, 5) is 0. The fraction of sp³-hybridized carbons (Fsp3) is 0.273. The van der Waals surface area contributed by atoms with E-state index in [0.717, 1.165) is 22.3 Å². The first-order valence-corrected chi connectivity index (χ1v) is 13.0. The number of aliphatic hydroxyl groups is 1.